The Bertz CT molecular complexity index is 553. The first-order valence-corrected chi connectivity index (χ1v) is 8.75. The Morgan fingerprint density at radius 2 is 2.11 bits per heavy atom. The summed E-state index contributed by atoms with van der Waals surface area (Å²) in [6.07, 6.45) is 1.78. The number of aliphatic carboxylic acids is 1. The molecule has 0 bridgehead atoms. The standard InChI is InChI=1S/C10H17N3O4S2/c1-4-8-11-12-10(18-5-9(14)15)13(8)7(2)6-19(3,16)17/h7H,4-6H2,1-3H3,(H,14,15). The molecule has 1 atom stereocenters. The molecule has 0 amide bonds. The van der Waals surface area contributed by atoms with Gasteiger partial charge in [0.2, 0.25) is 0 Å². The number of hydrogen-bond donors (Lipinski definition) is 1. The van der Waals surface area contributed by atoms with Crippen LogP contribution in [0, 0.1) is 0 Å². The van der Waals surface area contributed by atoms with Gasteiger partial charge in [-0.1, -0.05) is 18.7 Å². The van der Waals surface area contributed by atoms with E-state index in [0.717, 1.165) is 11.8 Å². The quantitative estimate of drug-likeness (QED) is 0.737. The molecule has 0 aliphatic rings. The minimum Gasteiger partial charge on any atom is -0.481 e. The average Bonchev–Trinajstić information content (AvgIpc) is 2.66. The topological polar surface area (TPSA) is 102 Å². The molecule has 0 radical (unpaired) electrons. The van der Waals surface area contributed by atoms with E-state index in [-0.39, 0.29) is 17.5 Å². The minimum atomic E-state index is -3.12. The molecule has 0 aliphatic carbocycles. The number of aromatic nitrogens is 3. The van der Waals surface area contributed by atoms with Crippen LogP contribution < -0.4 is 0 Å². The van der Waals surface area contributed by atoms with Crippen LogP contribution in [0.5, 0.6) is 0 Å². The van der Waals surface area contributed by atoms with Gasteiger partial charge in [-0.15, -0.1) is 10.2 Å². The zero-order chi connectivity index (χ0) is 14.6. The molecule has 19 heavy (non-hydrogen) atoms. The Hall–Kier alpha value is -1.09. The summed E-state index contributed by atoms with van der Waals surface area (Å²) in [5.41, 5.74) is 0. The van der Waals surface area contributed by atoms with Gasteiger partial charge in [0.15, 0.2) is 5.16 Å². The third-order valence-electron chi connectivity index (χ3n) is 2.36. The van der Waals surface area contributed by atoms with E-state index in [1.807, 2.05) is 6.92 Å². The highest BCUT2D eigenvalue weighted by Gasteiger charge is 2.20. The van der Waals surface area contributed by atoms with Crippen LogP contribution in [0.2, 0.25) is 0 Å². The summed E-state index contributed by atoms with van der Waals surface area (Å²) >= 11 is 1.04. The van der Waals surface area contributed by atoms with Crippen molar-refractivity contribution in [3.8, 4) is 0 Å². The van der Waals surface area contributed by atoms with E-state index in [1.165, 1.54) is 6.26 Å². The maximum absolute atomic E-state index is 11.4. The van der Waals surface area contributed by atoms with Crippen LogP contribution in [0.3, 0.4) is 0 Å². The molecule has 0 fully saturated rings. The molecule has 1 aromatic heterocycles. The number of carboxylic acids is 1. The van der Waals surface area contributed by atoms with Crippen LogP contribution in [0.4, 0.5) is 0 Å². The van der Waals surface area contributed by atoms with Crippen molar-refractivity contribution in [1.82, 2.24) is 14.8 Å². The highest BCUT2D eigenvalue weighted by Crippen LogP contribution is 2.22. The van der Waals surface area contributed by atoms with E-state index in [9.17, 15) is 13.2 Å². The van der Waals surface area contributed by atoms with Gasteiger partial charge < -0.3 is 9.67 Å². The molecule has 1 aromatic rings. The molecule has 0 spiro atoms. The van der Waals surface area contributed by atoms with Gasteiger partial charge in [0, 0.05) is 18.7 Å². The number of carboxylic acid groups (broad SMARTS) is 1. The Labute approximate surface area is 116 Å². The van der Waals surface area contributed by atoms with Gasteiger partial charge in [0.1, 0.15) is 15.7 Å². The maximum atomic E-state index is 11.4. The van der Waals surface area contributed by atoms with Crippen molar-refractivity contribution in [3.05, 3.63) is 5.82 Å². The molecule has 1 rings (SSSR count). The number of hydrogen-bond acceptors (Lipinski definition) is 6. The van der Waals surface area contributed by atoms with Gasteiger partial charge in [-0.25, -0.2) is 8.42 Å². The molecule has 108 valence electrons. The Balaban J connectivity index is 3.01. The summed E-state index contributed by atoms with van der Waals surface area (Å²) in [5, 5.41) is 17.0. The fourth-order valence-electron chi connectivity index (χ4n) is 1.73. The van der Waals surface area contributed by atoms with E-state index < -0.39 is 15.8 Å². The van der Waals surface area contributed by atoms with Gasteiger partial charge in [0.05, 0.1) is 11.5 Å². The van der Waals surface area contributed by atoms with Crippen LogP contribution in [0.1, 0.15) is 25.7 Å². The number of aryl methyl sites for hydroxylation is 1. The van der Waals surface area contributed by atoms with Crippen molar-refractivity contribution >= 4 is 27.6 Å². The largest absolute Gasteiger partial charge is 0.481 e. The first-order chi connectivity index (χ1) is 8.74. The van der Waals surface area contributed by atoms with Crippen LogP contribution in [0.25, 0.3) is 0 Å². The predicted molar refractivity (Wildman–Crippen MR) is 72.2 cm³/mol. The smallest absolute Gasteiger partial charge is 0.313 e. The lowest BCUT2D eigenvalue weighted by atomic mass is 10.3. The number of thioether (sulfide) groups is 1. The van der Waals surface area contributed by atoms with Crippen LogP contribution in [-0.2, 0) is 21.1 Å². The van der Waals surface area contributed by atoms with Gasteiger partial charge in [0.25, 0.3) is 0 Å². The van der Waals surface area contributed by atoms with E-state index >= 15 is 0 Å². The Morgan fingerprint density at radius 3 is 2.58 bits per heavy atom. The van der Waals surface area contributed by atoms with E-state index in [0.29, 0.717) is 17.4 Å². The van der Waals surface area contributed by atoms with Crippen molar-refractivity contribution in [3.63, 3.8) is 0 Å². The zero-order valence-electron chi connectivity index (χ0n) is 11.0. The number of carbonyl (C=O) groups is 1. The molecule has 1 heterocycles. The van der Waals surface area contributed by atoms with Crippen LogP contribution in [-0.4, -0.2) is 52.0 Å². The summed E-state index contributed by atoms with van der Waals surface area (Å²) in [6.45, 7) is 3.65. The number of nitrogens with zero attached hydrogens (tertiary/aromatic N) is 3. The summed E-state index contributed by atoms with van der Waals surface area (Å²) in [7, 11) is -3.12. The lowest BCUT2D eigenvalue weighted by Crippen LogP contribution is -2.19. The second-order valence-electron chi connectivity index (χ2n) is 4.25. The first kappa shape index (κ1) is 16.0. The van der Waals surface area contributed by atoms with Crippen molar-refractivity contribution in [2.24, 2.45) is 0 Å². The summed E-state index contributed by atoms with van der Waals surface area (Å²) in [6, 6.07) is -0.323. The first-order valence-electron chi connectivity index (χ1n) is 5.70. The van der Waals surface area contributed by atoms with Gasteiger partial charge in [-0.3, -0.25) is 4.79 Å². The van der Waals surface area contributed by atoms with E-state index in [4.69, 9.17) is 5.11 Å². The van der Waals surface area contributed by atoms with Crippen LogP contribution >= 0.6 is 11.8 Å². The molecule has 0 saturated carbocycles. The molecule has 7 nitrogen and oxygen atoms in total. The average molecular weight is 307 g/mol. The lowest BCUT2D eigenvalue weighted by Gasteiger charge is -2.16. The predicted octanol–water partition coefficient (Wildman–Crippen LogP) is 0.623. The maximum Gasteiger partial charge on any atom is 0.313 e. The van der Waals surface area contributed by atoms with Crippen molar-refractivity contribution < 1.29 is 18.3 Å². The molecule has 1 unspecified atom stereocenters. The van der Waals surface area contributed by atoms with Gasteiger partial charge >= 0.3 is 5.97 Å². The lowest BCUT2D eigenvalue weighted by molar-refractivity contribution is -0.133. The van der Waals surface area contributed by atoms with Gasteiger partial charge in [-0.2, -0.15) is 0 Å². The molecular weight excluding hydrogens is 290 g/mol. The fraction of sp³-hybridized carbons (Fsp3) is 0.700. The van der Waals surface area contributed by atoms with E-state index in [2.05, 4.69) is 10.2 Å². The van der Waals surface area contributed by atoms with Crippen molar-refractivity contribution in [1.29, 1.82) is 0 Å². The third kappa shape index (κ3) is 4.83. The van der Waals surface area contributed by atoms with Crippen LogP contribution in [0.15, 0.2) is 5.16 Å². The second-order valence-corrected chi connectivity index (χ2v) is 7.37. The molecular formula is C10H17N3O4S2. The van der Waals surface area contributed by atoms with Gasteiger partial charge in [-0.05, 0) is 6.92 Å². The summed E-state index contributed by atoms with van der Waals surface area (Å²) in [5.74, 6) is -0.455. The highest BCUT2D eigenvalue weighted by atomic mass is 32.2. The third-order valence-corrected chi connectivity index (χ3v) is 4.38. The number of rotatable bonds is 7. The minimum absolute atomic E-state index is 0.0291. The van der Waals surface area contributed by atoms with Crippen molar-refractivity contribution in [2.45, 2.75) is 31.5 Å². The molecule has 1 N–H and O–H groups in total. The molecule has 0 saturated heterocycles. The summed E-state index contributed by atoms with van der Waals surface area (Å²) < 4.78 is 24.4. The molecule has 9 heteroatoms. The van der Waals surface area contributed by atoms with Crippen molar-refractivity contribution in [2.75, 3.05) is 17.8 Å². The number of sulfone groups is 1. The van der Waals surface area contributed by atoms with E-state index in [1.54, 1.807) is 11.5 Å². The highest BCUT2D eigenvalue weighted by molar-refractivity contribution is 7.99. The molecule has 0 aliphatic heterocycles. The Kier molecular flexibility index (Phi) is 5.36. The SMILES string of the molecule is CCc1nnc(SCC(=O)O)n1C(C)CS(C)(=O)=O. The normalized spacial score (nSPS) is 13.4. The fourth-order valence-corrected chi connectivity index (χ4v) is 3.53. The monoisotopic (exact) mass is 307 g/mol. The Morgan fingerprint density at radius 1 is 1.47 bits per heavy atom. The summed E-state index contributed by atoms with van der Waals surface area (Å²) in [4.78, 5) is 10.6. The second kappa shape index (κ2) is 6.38. The zero-order valence-corrected chi connectivity index (χ0v) is 12.7. The molecule has 0 aromatic carbocycles.